The van der Waals surface area contributed by atoms with Crippen LogP contribution < -0.4 is 4.31 Å². The van der Waals surface area contributed by atoms with Crippen LogP contribution in [0.5, 0.6) is 0 Å². The van der Waals surface area contributed by atoms with E-state index in [-0.39, 0.29) is 16.5 Å². The van der Waals surface area contributed by atoms with E-state index in [0.29, 0.717) is 16.8 Å². The third-order valence-electron chi connectivity index (χ3n) is 5.42. The monoisotopic (exact) mass is 439 g/mol. The van der Waals surface area contributed by atoms with E-state index in [0.717, 1.165) is 49.2 Å². The molecule has 2 unspecified atom stereocenters. The molecule has 1 aliphatic carbocycles. The second kappa shape index (κ2) is 6.63. The van der Waals surface area contributed by atoms with Gasteiger partial charge in [0.15, 0.2) is 22.6 Å². The van der Waals surface area contributed by atoms with Crippen LogP contribution in [0, 0.1) is 17.6 Å². The maximum Gasteiger partial charge on any atom is 0.416 e. The van der Waals surface area contributed by atoms with Crippen LogP contribution in [0.15, 0.2) is 47.5 Å². The van der Waals surface area contributed by atoms with Gasteiger partial charge in [-0.1, -0.05) is 0 Å². The molecule has 2 aliphatic rings. The van der Waals surface area contributed by atoms with Crippen molar-refractivity contribution < 1.29 is 26.2 Å². The normalized spacial score (nSPS) is 19.4. The standard InChI is InChI=1S/C20H14F5N3OS/c21-15-7-13-17(8-16(15)22)28(19(10-1-2-10)14-9-26-27-18(13)14)30(29)12-5-3-11(4-6-12)20(23,24)25/h3-10,19H,1-2H2,(H,26,27). The number of rotatable bonds is 3. The van der Waals surface area contributed by atoms with Gasteiger partial charge < -0.3 is 0 Å². The minimum absolute atomic E-state index is 0.126. The van der Waals surface area contributed by atoms with Gasteiger partial charge in [-0.2, -0.15) is 18.3 Å². The number of anilines is 1. The summed E-state index contributed by atoms with van der Waals surface area (Å²) < 4.78 is 81.7. The predicted octanol–water partition coefficient (Wildman–Crippen LogP) is 5.37. The molecule has 0 bridgehead atoms. The molecule has 0 saturated heterocycles. The van der Waals surface area contributed by atoms with Crippen molar-refractivity contribution in [3.8, 4) is 11.3 Å². The van der Waals surface area contributed by atoms with Crippen LogP contribution >= 0.6 is 0 Å². The molecule has 0 amide bonds. The molecule has 1 saturated carbocycles. The van der Waals surface area contributed by atoms with E-state index in [1.807, 2.05) is 0 Å². The van der Waals surface area contributed by atoms with Gasteiger partial charge >= 0.3 is 6.18 Å². The molecular weight excluding hydrogens is 425 g/mol. The summed E-state index contributed by atoms with van der Waals surface area (Å²) in [5.74, 6) is -2.03. The van der Waals surface area contributed by atoms with E-state index in [1.54, 1.807) is 6.20 Å². The molecule has 2 aromatic carbocycles. The highest BCUT2D eigenvalue weighted by Gasteiger charge is 2.45. The van der Waals surface area contributed by atoms with Crippen molar-refractivity contribution in [3.05, 3.63) is 65.4 Å². The molecule has 156 valence electrons. The van der Waals surface area contributed by atoms with Gasteiger partial charge in [0, 0.05) is 17.2 Å². The predicted molar refractivity (Wildman–Crippen MR) is 99.7 cm³/mol. The number of aromatic amines is 1. The highest BCUT2D eigenvalue weighted by molar-refractivity contribution is 7.86. The Morgan fingerprint density at radius 2 is 1.73 bits per heavy atom. The average Bonchev–Trinajstić information content (AvgIpc) is 3.42. The summed E-state index contributed by atoms with van der Waals surface area (Å²) in [7, 11) is -1.95. The van der Waals surface area contributed by atoms with Crippen molar-refractivity contribution in [2.45, 2.75) is 30.0 Å². The molecule has 1 N–H and O–H groups in total. The molecule has 0 radical (unpaired) electrons. The summed E-state index contributed by atoms with van der Waals surface area (Å²) in [6, 6.07) is 5.59. The number of nitrogens with zero attached hydrogens (tertiary/aromatic N) is 2. The maximum absolute atomic E-state index is 14.1. The zero-order valence-electron chi connectivity index (χ0n) is 15.2. The SMILES string of the molecule is O=S(c1ccc(C(F)(F)F)cc1)N1c2cc(F)c(F)cc2-c2[nH]ncc2C1C1CC1. The van der Waals surface area contributed by atoms with E-state index in [4.69, 9.17) is 0 Å². The van der Waals surface area contributed by atoms with E-state index < -0.39 is 40.4 Å². The number of aromatic nitrogens is 2. The van der Waals surface area contributed by atoms with Gasteiger partial charge in [0.1, 0.15) is 0 Å². The molecule has 10 heteroatoms. The number of fused-ring (bicyclic) bond motifs is 3. The third-order valence-corrected chi connectivity index (χ3v) is 6.87. The number of nitrogens with one attached hydrogen (secondary N) is 1. The highest BCUT2D eigenvalue weighted by Crippen LogP contribution is 2.54. The van der Waals surface area contributed by atoms with Gasteiger partial charge in [0.05, 0.1) is 34.1 Å². The van der Waals surface area contributed by atoms with Gasteiger partial charge in [0.25, 0.3) is 0 Å². The van der Waals surface area contributed by atoms with Gasteiger partial charge in [-0.05, 0) is 49.1 Å². The Labute approximate surface area is 170 Å². The van der Waals surface area contributed by atoms with Crippen molar-refractivity contribution in [3.63, 3.8) is 0 Å². The molecule has 2 heterocycles. The molecular formula is C20H14F5N3OS. The second-order valence-electron chi connectivity index (χ2n) is 7.36. The fourth-order valence-electron chi connectivity index (χ4n) is 3.85. The number of H-pyrrole nitrogens is 1. The number of alkyl halides is 3. The van der Waals surface area contributed by atoms with Crippen molar-refractivity contribution in [2.24, 2.45) is 5.92 Å². The van der Waals surface area contributed by atoms with Crippen LogP contribution in [-0.2, 0) is 17.2 Å². The Kier molecular flexibility index (Phi) is 4.25. The van der Waals surface area contributed by atoms with Gasteiger partial charge in [-0.25, -0.2) is 13.0 Å². The number of hydrogen-bond acceptors (Lipinski definition) is 2. The summed E-state index contributed by atoms with van der Waals surface area (Å²) in [4.78, 5) is 0.135. The van der Waals surface area contributed by atoms with Crippen LogP contribution in [0.2, 0.25) is 0 Å². The molecule has 4 nitrogen and oxygen atoms in total. The first-order valence-corrected chi connectivity index (χ1v) is 10.3. The average molecular weight is 439 g/mol. The lowest BCUT2D eigenvalue weighted by Crippen LogP contribution is -2.35. The summed E-state index contributed by atoms with van der Waals surface area (Å²) in [5, 5.41) is 6.84. The lowest BCUT2D eigenvalue weighted by molar-refractivity contribution is -0.137. The molecule has 1 aromatic heterocycles. The first-order chi connectivity index (χ1) is 14.3. The van der Waals surface area contributed by atoms with E-state index in [1.165, 1.54) is 4.31 Å². The number of benzene rings is 2. The van der Waals surface area contributed by atoms with Crippen LogP contribution in [0.4, 0.5) is 27.6 Å². The summed E-state index contributed by atoms with van der Waals surface area (Å²) in [6.45, 7) is 0. The molecule has 0 spiro atoms. The lowest BCUT2D eigenvalue weighted by Gasteiger charge is -2.37. The van der Waals surface area contributed by atoms with Crippen LogP contribution in [0.3, 0.4) is 0 Å². The molecule has 1 aliphatic heterocycles. The maximum atomic E-state index is 14.1. The largest absolute Gasteiger partial charge is 0.416 e. The smallest absolute Gasteiger partial charge is 0.279 e. The summed E-state index contributed by atoms with van der Waals surface area (Å²) in [5.41, 5.74) is 0.892. The van der Waals surface area contributed by atoms with Crippen molar-refractivity contribution in [2.75, 3.05) is 4.31 Å². The van der Waals surface area contributed by atoms with Gasteiger partial charge in [0.2, 0.25) is 0 Å². The third kappa shape index (κ3) is 3.01. The molecule has 3 aromatic rings. The highest BCUT2D eigenvalue weighted by atomic mass is 32.2. The van der Waals surface area contributed by atoms with Crippen molar-refractivity contribution >= 4 is 16.7 Å². The minimum atomic E-state index is -4.51. The first kappa shape index (κ1) is 19.2. The van der Waals surface area contributed by atoms with E-state index in [9.17, 15) is 26.2 Å². The molecule has 2 atom stereocenters. The Hall–Kier alpha value is -2.75. The topological polar surface area (TPSA) is 49.0 Å². The van der Waals surface area contributed by atoms with E-state index in [2.05, 4.69) is 10.2 Å². The van der Waals surface area contributed by atoms with Crippen LogP contribution in [0.1, 0.15) is 30.0 Å². The molecule has 30 heavy (non-hydrogen) atoms. The Morgan fingerprint density at radius 1 is 1.07 bits per heavy atom. The molecule has 1 fully saturated rings. The van der Waals surface area contributed by atoms with E-state index >= 15 is 0 Å². The van der Waals surface area contributed by atoms with Crippen molar-refractivity contribution in [1.29, 1.82) is 0 Å². The Balaban J connectivity index is 1.65. The molecule has 5 rings (SSSR count). The van der Waals surface area contributed by atoms with Crippen LogP contribution in [0.25, 0.3) is 11.3 Å². The lowest BCUT2D eigenvalue weighted by atomic mass is 9.93. The summed E-state index contributed by atoms with van der Waals surface area (Å²) >= 11 is 0. The second-order valence-corrected chi connectivity index (χ2v) is 8.73. The number of halogens is 5. The van der Waals surface area contributed by atoms with Gasteiger partial charge in [-0.15, -0.1) is 0 Å². The fraction of sp³-hybridized carbons (Fsp3) is 0.250. The van der Waals surface area contributed by atoms with Gasteiger partial charge in [-0.3, -0.25) is 9.40 Å². The zero-order chi connectivity index (χ0) is 21.2. The number of hydrogen-bond donors (Lipinski definition) is 1. The Bertz CT molecular complexity index is 1150. The van der Waals surface area contributed by atoms with Crippen LogP contribution in [-0.4, -0.2) is 14.4 Å². The summed E-state index contributed by atoms with van der Waals surface area (Å²) in [6.07, 6.45) is -1.23. The quantitative estimate of drug-likeness (QED) is 0.558. The fourth-order valence-corrected chi connectivity index (χ4v) is 5.27. The minimum Gasteiger partial charge on any atom is -0.279 e. The Morgan fingerprint density at radius 3 is 2.37 bits per heavy atom. The first-order valence-electron chi connectivity index (χ1n) is 9.17. The zero-order valence-corrected chi connectivity index (χ0v) is 16.0. The van der Waals surface area contributed by atoms with Crippen molar-refractivity contribution in [1.82, 2.24) is 10.2 Å².